The molecule has 41 heavy (non-hydrogen) atoms. The van der Waals surface area contributed by atoms with Crippen molar-refractivity contribution in [2.75, 3.05) is 44.2 Å². The third-order valence-electron chi connectivity index (χ3n) is 7.39. The molecule has 0 unspecified atom stereocenters. The van der Waals surface area contributed by atoms with E-state index in [1.54, 1.807) is 19.6 Å². The molecule has 1 aromatic heterocycles. The Hall–Kier alpha value is -3.19. The largest absolute Gasteiger partial charge is 0.490 e. The predicted molar refractivity (Wildman–Crippen MR) is 146 cm³/mol. The summed E-state index contributed by atoms with van der Waals surface area (Å²) in [5.41, 5.74) is 0.859. The molecule has 0 saturated carbocycles. The van der Waals surface area contributed by atoms with Crippen LogP contribution in [0.15, 0.2) is 36.9 Å². The molecule has 3 heterocycles. The van der Waals surface area contributed by atoms with Crippen molar-refractivity contribution in [2.45, 2.75) is 51.7 Å². The summed E-state index contributed by atoms with van der Waals surface area (Å²) in [4.78, 5) is 44.4. The van der Waals surface area contributed by atoms with Crippen LogP contribution in [0.4, 0.5) is 18.9 Å². The first-order valence-corrected chi connectivity index (χ1v) is 14.0. The van der Waals surface area contributed by atoms with Gasteiger partial charge in [-0.3, -0.25) is 14.3 Å². The second-order valence-electron chi connectivity index (χ2n) is 10.3. The lowest BCUT2D eigenvalue weighted by Crippen LogP contribution is -2.45. The molecule has 0 bridgehead atoms. The first-order valence-electron chi connectivity index (χ1n) is 13.6. The highest BCUT2D eigenvalue weighted by atomic mass is 35.5. The number of rotatable bonds is 8. The van der Waals surface area contributed by atoms with Crippen LogP contribution in [0.5, 0.6) is 0 Å². The Balaban J connectivity index is 0.000000587. The summed E-state index contributed by atoms with van der Waals surface area (Å²) in [6, 6.07) is 7.57. The van der Waals surface area contributed by atoms with Gasteiger partial charge < -0.3 is 19.8 Å². The average Bonchev–Trinajstić information content (AvgIpc) is 3.45. The number of piperidine rings is 2. The van der Waals surface area contributed by atoms with Gasteiger partial charge in [0.1, 0.15) is 12.7 Å². The van der Waals surface area contributed by atoms with E-state index in [9.17, 15) is 22.8 Å². The summed E-state index contributed by atoms with van der Waals surface area (Å²) in [5, 5.41) is 12.0. The highest BCUT2D eigenvalue weighted by Crippen LogP contribution is 2.26. The van der Waals surface area contributed by atoms with E-state index in [0.29, 0.717) is 30.6 Å². The molecule has 2 saturated heterocycles. The van der Waals surface area contributed by atoms with Crippen molar-refractivity contribution in [1.82, 2.24) is 24.6 Å². The molecule has 2 aliphatic heterocycles. The van der Waals surface area contributed by atoms with E-state index in [1.165, 1.54) is 0 Å². The second kappa shape index (κ2) is 15.2. The zero-order valence-electron chi connectivity index (χ0n) is 23.0. The number of carboxylic acid groups (broad SMARTS) is 1. The number of alkyl halides is 3. The number of likely N-dealkylation sites (tertiary alicyclic amines) is 2. The Morgan fingerprint density at radius 1 is 1.10 bits per heavy atom. The fraction of sp³-hybridized carbons (Fsp3) is 0.593. The molecule has 0 atom stereocenters. The molecular formula is C27H36ClF3N6O4. The van der Waals surface area contributed by atoms with Gasteiger partial charge >= 0.3 is 12.1 Å². The third-order valence-corrected chi connectivity index (χ3v) is 7.63. The van der Waals surface area contributed by atoms with Gasteiger partial charge in [-0.25, -0.2) is 9.78 Å². The van der Waals surface area contributed by atoms with Gasteiger partial charge in [0.05, 0.1) is 0 Å². The van der Waals surface area contributed by atoms with E-state index in [2.05, 4.69) is 15.0 Å². The number of hydrogen-bond donors (Lipinski definition) is 1. The number of amides is 2. The minimum absolute atomic E-state index is 0.0536. The molecular weight excluding hydrogens is 565 g/mol. The van der Waals surface area contributed by atoms with E-state index in [0.717, 1.165) is 64.0 Å². The Morgan fingerprint density at radius 2 is 1.76 bits per heavy atom. The van der Waals surface area contributed by atoms with Gasteiger partial charge in [-0.2, -0.15) is 18.3 Å². The van der Waals surface area contributed by atoms with E-state index < -0.39 is 12.1 Å². The maximum Gasteiger partial charge on any atom is 0.490 e. The van der Waals surface area contributed by atoms with Crippen LogP contribution in [0, 0.1) is 11.8 Å². The van der Waals surface area contributed by atoms with Crippen LogP contribution in [0.1, 0.15) is 39.0 Å². The fourth-order valence-corrected chi connectivity index (χ4v) is 5.29. The summed E-state index contributed by atoms with van der Waals surface area (Å²) in [5.74, 6) is -1.93. The number of carboxylic acids is 1. The Kier molecular flexibility index (Phi) is 11.9. The minimum atomic E-state index is -5.08. The Bertz CT molecular complexity index is 1130. The summed E-state index contributed by atoms with van der Waals surface area (Å²) < 4.78 is 33.7. The molecule has 2 aromatic rings. The van der Waals surface area contributed by atoms with Crippen LogP contribution in [0.2, 0.25) is 5.02 Å². The molecule has 10 nitrogen and oxygen atoms in total. The number of aliphatic carboxylic acids is 1. The highest BCUT2D eigenvalue weighted by molar-refractivity contribution is 6.30. The first-order chi connectivity index (χ1) is 19.4. The van der Waals surface area contributed by atoms with E-state index in [4.69, 9.17) is 21.5 Å². The topological polar surface area (TPSA) is 112 Å². The van der Waals surface area contributed by atoms with Gasteiger partial charge in [0.15, 0.2) is 0 Å². The van der Waals surface area contributed by atoms with Crippen molar-refractivity contribution < 1.29 is 32.7 Å². The van der Waals surface area contributed by atoms with Crippen molar-refractivity contribution in [2.24, 2.45) is 11.8 Å². The number of nitrogens with zero attached hydrogens (tertiary/aromatic N) is 6. The van der Waals surface area contributed by atoms with Gasteiger partial charge in [-0.15, -0.1) is 0 Å². The summed E-state index contributed by atoms with van der Waals surface area (Å²) >= 11 is 6.25. The van der Waals surface area contributed by atoms with E-state index >= 15 is 0 Å². The smallest absolute Gasteiger partial charge is 0.475 e. The molecule has 14 heteroatoms. The summed E-state index contributed by atoms with van der Waals surface area (Å²) in [6.07, 6.45) is 2.96. The predicted octanol–water partition coefficient (Wildman–Crippen LogP) is 3.96. The molecule has 226 valence electrons. The second-order valence-corrected chi connectivity index (χ2v) is 10.7. The third kappa shape index (κ3) is 10.3. The van der Waals surface area contributed by atoms with Crippen LogP contribution >= 0.6 is 11.6 Å². The summed E-state index contributed by atoms with van der Waals surface area (Å²) in [6.45, 7) is 7.64. The van der Waals surface area contributed by atoms with Crippen molar-refractivity contribution >= 4 is 35.1 Å². The molecule has 0 aliphatic carbocycles. The quantitative estimate of drug-likeness (QED) is 0.488. The lowest BCUT2D eigenvalue weighted by atomic mass is 9.94. The van der Waals surface area contributed by atoms with Crippen LogP contribution in [0.3, 0.4) is 0 Å². The lowest BCUT2D eigenvalue weighted by molar-refractivity contribution is -0.192. The highest BCUT2D eigenvalue weighted by Gasteiger charge is 2.38. The maximum atomic E-state index is 13.5. The lowest BCUT2D eigenvalue weighted by Gasteiger charge is -2.35. The van der Waals surface area contributed by atoms with E-state index in [1.807, 2.05) is 38.7 Å². The van der Waals surface area contributed by atoms with Gasteiger partial charge in [0, 0.05) is 49.7 Å². The molecule has 0 spiro atoms. The standard InChI is InChI=1S/C25H35ClN6O2.C2HF3O2/c1-20(33)30-14-8-22(9-15-30)25(34)32(24-5-2-4-23(26)16-24)11-3-10-29-12-6-21(7-13-29)17-31-19-27-18-28-31;3-2(4,5)1(6)7/h2,4-5,16,18-19,21-22H,3,6-15,17H2,1H3;(H,6,7). The average molecular weight is 601 g/mol. The monoisotopic (exact) mass is 600 g/mol. The number of benzene rings is 1. The zero-order chi connectivity index (χ0) is 30.0. The Labute approximate surface area is 242 Å². The van der Waals surface area contributed by atoms with Crippen LogP contribution < -0.4 is 4.90 Å². The SMILES string of the molecule is CC(=O)N1CCC(C(=O)N(CCCN2CCC(Cn3cncn3)CC2)c2cccc(Cl)c2)CC1.O=C(O)C(F)(F)F. The number of hydrogen-bond acceptors (Lipinski definition) is 6. The normalized spacial score (nSPS) is 17.0. The van der Waals surface area contributed by atoms with Gasteiger partial charge in [0.25, 0.3) is 0 Å². The minimum Gasteiger partial charge on any atom is -0.475 e. The van der Waals surface area contributed by atoms with E-state index in [-0.39, 0.29) is 17.7 Å². The van der Waals surface area contributed by atoms with Crippen molar-refractivity contribution in [3.8, 4) is 0 Å². The molecule has 2 fully saturated rings. The number of aromatic nitrogens is 3. The van der Waals surface area contributed by atoms with Gasteiger partial charge in [-0.1, -0.05) is 17.7 Å². The number of halogens is 4. The van der Waals surface area contributed by atoms with Crippen LogP contribution in [0.25, 0.3) is 0 Å². The number of carbonyl (C=O) groups is 3. The number of anilines is 1. The van der Waals surface area contributed by atoms with Crippen LogP contribution in [-0.2, 0) is 20.9 Å². The first kappa shape index (κ1) is 32.3. The molecule has 2 amide bonds. The molecule has 1 N–H and O–H groups in total. The number of carbonyl (C=O) groups excluding carboxylic acids is 2. The van der Waals surface area contributed by atoms with Gasteiger partial charge in [0.2, 0.25) is 11.8 Å². The van der Waals surface area contributed by atoms with Gasteiger partial charge in [-0.05, 0) is 75.9 Å². The molecule has 2 aliphatic rings. The zero-order valence-corrected chi connectivity index (χ0v) is 23.7. The van der Waals surface area contributed by atoms with Crippen molar-refractivity contribution in [1.29, 1.82) is 0 Å². The van der Waals surface area contributed by atoms with Crippen molar-refractivity contribution in [3.63, 3.8) is 0 Å². The fourth-order valence-electron chi connectivity index (χ4n) is 5.11. The Morgan fingerprint density at radius 3 is 2.29 bits per heavy atom. The van der Waals surface area contributed by atoms with Crippen LogP contribution in [-0.4, -0.2) is 92.9 Å². The summed E-state index contributed by atoms with van der Waals surface area (Å²) in [7, 11) is 0. The molecule has 4 rings (SSSR count). The van der Waals surface area contributed by atoms with Crippen molar-refractivity contribution in [3.05, 3.63) is 41.9 Å². The molecule has 0 radical (unpaired) electrons. The maximum absolute atomic E-state index is 13.5. The molecule has 1 aromatic carbocycles.